The minimum absolute atomic E-state index is 0.00570. The Bertz CT molecular complexity index is 2360. The van der Waals surface area contributed by atoms with Gasteiger partial charge in [-0.15, -0.1) is 0 Å². The van der Waals surface area contributed by atoms with Gasteiger partial charge in [-0.1, -0.05) is 80.3 Å². The highest BCUT2D eigenvalue weighted by Crippen LogP contribution is 2.55. The molecule has 1 amide bonds. The molecule has 3 aliphatic rings. The number of hydrogen-bond acceptors (Lipinski definition) is 14. The van der Waals surface area contributed by atoms with Gasteiger partial charge in [0.15, 0.2) is 5.75 Å². The average molecular weight is 900 g/mol. The zero-order valence-electron chi connectivity index (χ0n) is 35.7. The largest absolute Gasteiger partial charge is 0.507 e. The second kappa shape index (κ2) is 19.4. The summed E-state index contributed by atoms with van der Waals surface area (Å²) in [6.45, 7) is 12.2. The lowest BCUT2D eigenvalue weighted by molar-refractivity contribution is -0.160. The second-order valence-corrected chi connectivity index (χ2v) is 16.7. The molecule has 0 aromatic heterocycles. The molecule has 0 saturated carbocycles. The van der Waals surface area contributed by atoms with E-state index in [9.17, 15) is 39.9 Å². The Morgan fingerprint density at radius 2 is 1.66 bits per heavy atom. The van der Waals surface area contributed by atoms with Crippen molar-refractivity contribution in [2.45, 2.75) is 92.2 Å². The van der Waals surface area contributed by atoms with E-state index in [1.165, 1.54) is 59.3 Å². The molecule has 62 heavy (non-hydrogen) atoms. The molecule has 3 aliphatic heterocycles. The fourth-order valence-corrected chi connectivity index (χ4v) is 8.17. The van der Waals surface area contributed by atoms with Crippen LogP contribution in [0.2, 0.25) is 10.0 Å². The summed E-state index contributed by atoms with van der Waals surface area (Å²) in [4.78, 5) is 46.0. The molecule has 334 valence electrons. The number of Topliss-reactive ketones (excluding diaryl/α,β-unsaturated/α-hetero) is 1. The predicted octanol–water partition coefficient (Wildman–Crippen LogP) is 7.61. The maximum Gasteiger partial charge on any atom is 0.312 e. The van der Waals surface area contributed by atoms with Crippen LogP contribution in [0.3, 0.4) is 0 Å². The first-order chi connectivity index (χ1) is 29.1. The van der Waals surface area contributed by atoms with Crippen molar-refractivity contribution in [2.24, 2.45) is 28.8 Å². The summed E-state index contributed by atoms with van der Waals surface area (Å²) in [7, 11) is 1.42. The minimum atomic E-state index is -2.10. The highest BCUT2D eigenvalue weighted by Gasteiger charge is 2.50. The van der Waals surface area contributed by atoms with Gasteiger partial charge in [0, 0.05) is 76.8 Å². The minimum Gasteiger partial charge on any atom is -0.507 e. The van der Waals surface area contributed by atoms with Gasteiger partial charge < -0.3 is 54.6 Å². The van der Waals surface area contributed by atoms with Gasteiger partial charge in [-0.05, 0) is 32.1 Å². The fourth-order valence-electron chi connectivity index (χ4n) is 7.71. The standard InChI is InChI=1S/C45H52Cl2N2O13/c1-20-11-10-12-21(2)44(57)49-35-29(18-48-60-19-27-13-14-28(46)17-30(27)47)39(54)32-33(40(35)55)38(53)25(6)42-34(32)43(56)45(8,62-42)59-16-15-31(58-9)22(3)41(61-26(7)50)24(5)37(52)23(4)36(20)51/h10-18,20,22-24,31,36-37,41,51-55H,19H2,1-9H3,(H,49,57)/b11-10+,16-15+,21-12-,48-18-/t20-,22+,23+,24+,31-,36-,37+,41+,45-/m0/s1. The van der Waals surface area contributed by atoms with Crippen LogP contribution in [0, 0.1) is 30.6 Å². The number of ketones is 1. The number of oxime groups is 1. The first-order valence-electron chi connectivity index (χ1n) is 19.8. The lowest BCUT2D eigenvalue weighted by Crippen LogP contribution is -2.46. The van der Waals surface area contributed by atoms with Gasteiger partial charge in [-0.2, -0.15) is 0 Å². The van der Waals surface area contributed by atoms with E-state index >= 15 is 0 Å². The molecule has 0 radical (unpaired) electrons. The topological polar surface area (TPSA) is 223 Å². The highest BCUT2D eigenvalue weighted by molar-refractivity contribution is 6.35. The van der Waals surface area contributed by atoms with E-state index in [1.807, 2.05) is 0 Å². The smallest absolute Gasteiger partial charge is 0.312 e. The van der Waals surface area contributed by atoms with Crippen molar-refractivity contribution in [2.75, 3.05) is 12.4 Å². The molecule has 0 saturated heterocycles. The predicted molar refractivity (Wildman–Crippen MR) is 233 cm³/mol. The monoisotopic (exact) mass is 898 g/mol. The van der Waals surface area contributed by atoms with Gasteiger partial charge in [0.25, 0.3) is 11.7 Å². The van der Waals surface area contributed by atoms with Gasteiger partial charge in [0.1, 0.15) is 30.0 Å². The number of anilines is 1. The van der Waals surface area contributed by atoms with Gasteiger partial charge >= 0.3 is 11.8 Å². The SMILES string of the molecule is CO[C@H]1/C=C/O[C@@]2(C)Oc3c(C)c(O)c4c(O)c(c(/C=N\OCc5ccc(Cl)cc5Cl)c(O)c4c3C2=O)NC(=O)/C(C)=C\C=C\[C@H](C)[C@H](O)[C@@H](C)[C@@H](O)[C@@H](C)[C@H](OC(C)=O)[C@@H]1C. The zero-order valence-corrected chi connectivity index (χ0v) is 37.2. The first kappa shape index (κ1) is 47.7. The van der Waals surface area contributed by atoms with Crippen LogP contribution < -0.4 is 10.1 Å². The van der Waals surface area contributed by atoms with Crippen molar-refractivity contribution >= 4 is 63.5 Å². The number of fused-ring (bicyclic) bond motifs is 14. The van der Waals surface area contributed by atoms with Crippen molar-refractivity contribution in [3.63, 3.8) is 0 Å². The maximum atomic E-state index is 14.4. The molecule has 3 aromatic carbocycles. The number of methoxy groups -OCH3 is 1. The van der Waals surface area contributed by atoms with Gasteiger partial charge in [0.2, 0.25) is 0 Å². The molecular weight excluding hydrogens is 847 g/mol. The molecule has 15 nitrogen and oxygen atoms in total. The lowest BCUT2D eigenvalue weighted by Gasteiger charge is -2.38. The van der Waals surface area contributed by atoms with E-state index in [0.717, 1.165) is 6.21 Å². The molecule has 5 bridgehead atoms. The number of carbonyl (C=O) groups excluding carboxylic acids is 3. The maximum absolute atomic E-state index is 14.4. The summed E-state index contributed by atoms with van der Waals surface area (Å²) in [5.74, 6) is -9.00. The van der Waals surface area contributed by atoms with Gasteiger partial charge in [-0.25, -0.2) is 0 Å². The molecular formula is C45H52Cl2N2O13. The Labute approximate surface area is 369 Å². The summed E-state index contributed by atoms with van der Waals surface area (Å²) < 4.78 is 23.5. The summed E-state index contributed by atoms with van der Waals surface area (Å²) >= 11 is 12.3. The van der Waals surface area contributed by atoms with Crippen molar-refractivity contribution in [3.8, 4) is 23.0 Å². The number of aromatic hydroxyl groups is 3. The summed E-state index contributed by atoms with van der Waals surface area (Å²) in [6, 6.07) is 4.74. The Hall–Kier alpha value is -5.32. The van der Waals surface area contributed by atoms with Gasteiger partial charge in [-0.3, -0.25) is 14.4 Å². The molecule has 17 heteroatoms. The molecule has 0 aliphatic carbocycles. The number of carbonyl (C=O) groups is 3. The molecule has 6 rings (SSSR count). The quantitative estimate of drug-likeness (QED) is 0.0462. The Morgan fingerprint density at radius 3 is 2.31 bits per heavy atom. The van der Waals surface area contributed by atoms with Crippen LogP contribution in [0.15, 0.2) is 59.5 Å². The van der Waals surface area contributed by atoms with Crippen LogP contribution >= 0.6 is 23.2 Å². The van der Waals surface area contributed by atoms with Crippen molar-refractivity contribution in [1.29, 1.82) is 0 Å². The number of nitrogens with zero attached hydrogens (tertiary/aromatic N) is 1. The first-order valence-corrected chi connectivity index (χ1v) is 20.6. The Kier molecular flexibility index (Phi) is 14.9. The fraction of sp³-hybridized carbons (Fsp3) is 0.422. The van der Waals surface area contributed by atoms with Crippen molar-refractivity contribution < 1.29 is 63.7 Å². The number of phenolic OH excluding ortho intramolecular Hbond substituents is 3. The normalized spacial score (nSPS) is 29.1. The number of halogens is 2. The summed E-state index contributed by atoms with van der Waals surface area (Å²) in [6.07, 6.45) is 4.29. The molecule has 0 unspecified atom stereocenters. The van der Waals surface area contributed by atoms with E-state index in [4.69, 9.17) is 47.0 Å². The zero-order chi connectivity index (χ0) is 46.0. The van der Waals surface area contributed by atoms with Crippen LogP contribution in [-0.2, 0) is 35.2 Å². The summed E-state index contributed by atoms with van der Waals surface area (Å²) in [5.41, 5.74) is -0.320. The van der Waals surface area contributed by atoms with E-state index in [-0.39, 0.29) is 45.4 Å². The Morgan fingerprint density at radius 1 is 0.968 bits per heavy atom. The number of hydrogen-bond donors (Lipinski definition) is 6. The van der Waals surface area contributed by atoms with E-state index in [1.54, 1.807) is 52.0 Å². The number of rotatable bonds is 6. The number of amides is 1. The Balaban J connectivity index is 1.69. The number of aliphatic hydroxyl groups excluding tert-OH is 2. The molecule has 0 fully saturated rings. The number of nitrogens with one attached hydrogen (secondary N) is 1. The van der Waals surface area contributed by atoms with E-state index < -0.39 is 94.5 Å². The number of benzene rings is 3. The average Bonchev–Trinajstić information content (AvgIpc) is 3.49. The third-order valence-corrected chi connectivity index (χ3v) is 12.1. The number of aliphatic hydroxyl groups is 2. The number of ether oxygens (including phenoxy) is 4. The number of phenols is 3. The molecule has 9 atom stereocenters. The van der Waals surface area contributed by atoms with E-state index in [2.05, 4.69) is 10.5 Å². The van der Waals surface area contributed by atoms with Crippen LogP contribution in [0.4, 0.5) is 5.69 Å². The van der Waals surface area contributed by atoms with E-state index in [0.29, 0.717) is 15.6 Å². The lowest BCUT2D eigenvalue weighted by atomic mass is 9.78. The summed E-state index contributed by atoms with van der Waals surface area (Å²) in [5, 5.41) is 64.9. The molecule has 0 spiro atoms. The van der Waals surface area contributed by atoms with Crippen LogP contribution in [0.1, 0.15) is 75.5 Å². The van der Waals surface area contributed by atoms with Crippen LogP contribution in [-0.4, -0.2) is 86.7 Å². The number of allylic oxidation sites excluding steroid dienone is 2. The third-order valence-electron chi connectivity index (χ3n) is 11.5. The van der Waals surface area contributed by atoms with Crippen LogP contribution in [0.25, 0.3) is 10.8 Å². The third kappa shape index (κ3) is 9.52. The van der Waals surface area contributed by atoms with Crippen molar-refractivity contribution in [1.82, 2.24) is 0 Å². The van der Waals surface area contributed by atoms with Crippen molar-refractivity contribution in [3.05, 3.63) is 86.6 Å². The van der Waals surface area contributed by atoms with Gasteiger partial charge in [0.05, 0.1) is 53.0 Å². The second-order valence-electron chi connectivity index (χ2n) is 15.9. The number of esters is 1. The molecule has 3 heterocycles. The molecule has 6 N–H and O–H groups in total. The molecule has 3 aromatic rings. The highest BCUT2D eigenvalue weighted by atomic mass is 35.5. The van der Waals surface area contributed by atoms with Crippen LogP contribution in [0.5, 0.6) is 23.0 Å².